The zero-order valence-electron chi connectivity index (χ0n) is 11.9. The van der Waals surface area contributed by atoms with Crippen molar-refractivity contribution in [2.24, 2.45) is 5.92 Å². The maximum Gasteiger partial charge on any atom is 0.0433 e. The number of aliphatic hydroxyl groups excluding tert-OH is 1. The predicted molar refractivity (Wildman–Crippen MR) is 78.7 cm³/mol. The quantitative estimate of drug-likeness (QED) is 0.712. The van der Waals surface area contributed by atoms with Crippen LogP contribution in [-0.4, -0.2) is 11.7 Å². The van der Waals surface area contributed by atoms with Crippen LogP contribution in [-0.2, 0) is 6.42 Å². The van der Waals surface area contributed by atoms with Gasteiger partial charge in [-0.2, -0.15) is 0 Å². The Labute approximate surface area is 112 Å². The summed E-state index contributed by atoms with van der Waals surface area (Å²) in [7, 11) is 0. The van der Waals surface area contributed by atoms with E-state index in [9.17, 15) is 0 Å². The molecule has 1 unspecified atom stereocenters. The molecule has 0 aromatic heterocycles. The maximum atomic E-state index is 8.85. The second-order valence-corrected chi connectivity index (χ2v) is 5.41. The van der Waals surface area contributed by atoms with Crippen molar-refractivity contribution in [1.29, 1.82) is 0 Å². The van der Waals surface area contributed by atoms with Gasteiger partial charge in [-0.1, -0.05) is 48.4 Å². The average molecular weight is 246 g/mol. The largest absolute Gasteiger partial charge is 0.396 e. The van der Waals surface area contributed by atoms with Gasteiger partial charge in [0.1, 0.15) is 0 Å². The molecule has 0 fully saturated rings. The molecule has 1 aromatic carbocycles. The third kappa shape index (κ3) is 6.02. The molecule has 0 heterocycles. The molecular formula is C17H26O. The molecule has 0 radical (unpaired) electrons. The summed E-state index contributed by atoms with van der Waals surface area (Å²) in [6, 6.07) is 8.76. The summed E-state index contributed by atoms with van der Waals surface area (Å²) in [5, 5.41) is 8.85. The minimum absolute atomic E-state index is 0.313. The van der Waals surface area contributed by atoms with E-state index >= 15 is 0 Å². The van der Waals surface area contributed by atoms with Crippen LogP contribution in [0.15, 0.2) is 35.9 Å². The van der Waals surface area contributed by atoms with E-state index in [4.69, 9.17) is 5.11 Å². The van der Waals surface area contributed by atoms with Crippen LogP contribution in [0.25, 0.3) is 0 Å². The number of hydrogen-bond donors (Lipinski definition) is 1. The second-order valence-electron chi connectivity index (χ2n) is 5.41. The Bertz CT molecular complexity index is 362. The molecule has 1 N–H and O–H groups in total. The number of benzene rings is 1. The molecule has 0 aliphatic rings. The lowest BCUT2D eigenvalue weighted by atomic mass is 9.99. The molecule has 0 spiro atoms. The topological polar surface area (TPSA) is 20.2 Å². The smallest absolute Gasteiger partial charge is 0.0433 e. The van der Waals surface area contributed by atoms with E-state index in [2.05, 4.69) is 51.1 Å². The molecule has 0 saturated carbocycles. The van der Waals surface area contributed by atoms with E-state index in [1.807, 2.05) is 0 Å². The summed E-state index contributed by atoms with van der Waals surface area (Å²) >= 11 is 0. The van der Waals surface area contributed by atoms with Crippen molar-refractivity contribution in [3.05, 3.63) is 47.0 Å². The first-order chi connectivity index (χ1) is 8.61. The summed E-state index contributed by atoms with van der Waals surface area (Å²) in [6.07, 6.45) is 6.61. The lowest BCUT2D eigenvalue weighted by Gasteiger charge is -2.08. The first kappa shape index (κ1) is 15.0. The molecule has 1 rings (SSSR count). The van der Waals surface area contributed by atoms with Gasteiger partial charge in [0, 0.05) is 6.61 Å². The Kier molecular flexibility index (Phi) is 6.74. The molecule has 18 heavy (non-hydrogen) atoms. The Morgan fingerprint density at radius 2 is 1.89 bits per heavy atom. The van der Waals surface area contributed by atoms with Crippen LogP contribution in [0.3, 0.4) is 0 Å². The summed E-state index contributed by atoms with van der Waals surface area (Å²) < 4.78 is 0. The van der Waals surface area contributed by atoms with Crippen molar-refractivity contribution in [3.63, 3.8) is 0 Å². The summed E-state index contributed by atoms with van der Waals surface area (Å²) in [6.45, 7) is 6.85. The van der Waals surface area contributed by atoms with Crippen molar-refractivity contribution in [2.45, 2.75) is 46.5 Å². The van der Waals surface area contributed by atoms with Gasteiger partial charge in [0.05, 0.1) is 0 Å². The minimum Gasteiger partial charge on any atom is -0.396 e. The van der Waals surface area contributed by atoms with Gasteiger partial charge in [0.15, 0.2) is 0 Å². The molecule has 0 amide bonds. The van der Waals surface area contributed by atoms with Crippen LogP contribution in [0.2, 0.25) is 0 Å². The second kappa shape index (κ2) is 8.10. The maximum absolute atomic E-state index is 8.85. The zero-order chi connectivity index (χ0) is 13.4. The molecular weight excluding hydrogens is 220 g/mol. The Morgan fingerprint density at radius 1 is 1.22 bits per heavy atom. The fourth-order valence-corrected chi connectivity index (χ4v) is 2.08. The summed E-state index contributed by atoms with van der Waals surface area (Å²) in [5.41, 5.74) is 4.14. The van der Waals surface area contributed by atoms with Crippen molar-refractivity contribution in [2.75, 3.05) is 6.61 Å². The monoisotopic (exact) mass is 246 g/mol. The van der Waals surface area contributed by atoms with E-state index in [1.54, 1.807) is 0 Å². The predicted octanol–water partition coefficient (Wildman–Crippen LogP) is 4.28. The van der Waals surface area contributed by atoms with Crippen molar-refractivity contribution >= 4 is 0 Å². The molecule has 0 aliphatic heterocycles. The van der Waals surface area contributed by atoms with Crippen LogP contribution in [0.4, 0.5) is 0 Å². The number of allylic oxidation sites excluding steroid dienone is 2. The molecule has 0 aliphatic carbocycles. The Morgan fingerprint density at radius 3 is 2.50 bits per heavy atom. The highest BCUT2D eigenvalue weighted by Crippen LogP contribution is 2.13. The van der Waals surface area contributed by atoms with E-state index in [-0.39, 0.29) is 0 Å². The number of hydrogen-bond acceptors (Lipinski definition) is 1. The van der Waals surface area contributed by atoms with Crippen LogP contribution < -0.4 is 0 Å². The molecule has 1 nitrogen and oxygen atoms in total. The highest BCUT2D eigenvalue weighted by atomic mass is 16.3. The number of aryl methyl sites for hydroxylation is 1. The van der Waals surface area contributed by atoms with Crippen molar-refractivity contribution < 1.29 is 5.11 Å². The molecule has 1 atom stereocenters. The normalized spacial score (nSPS) is 13.7. The average Bonchev–Trinajstić information content (AvgIpc) is 2.32. The van der Waals surface area contributed by atoms with Crippen LogP contribution in [0.5, 0.6) is 0 Å². The fourth-order valence-electron chi connectivity index (χ4n) is 2.08. The first-order valence-corrected chi connectivity index (χ1v) is 6.94. The van der Waals surface area contributed by atoms with Gasteiger partial charge in [-0.3, -0.25) is 0 Å². The Balaban J connectivity index is 2.35. The van der Waals surface area contributed by atoms with Gasteiger partial charge in [0.25, 0.3) is 0 Å². The SMILES string of the molecule is C/C(=C/CCC(C)CCO)Cc1ccc(C)cc1. The van der Waals surface area contributed by atoms with Crippen LogP contribution >= 0.6 is 0 Å². The van der Waals surface area contributed by atoms with Crippen molar-refractivity contribution in [1.82, 2.24) is 0 Å². The minimum atomic E-state index is 0.313. The summed E-state index contributed by atoms with van der Waals surface area (Å²) in [4.78, 5) is 0. The molecule has 1 aromatic rings. The molecule has 100 valence electrons. The van der Waals surface area contributed by atoms with E-state index in [1.165, 1.54) is 23.1 Å². The standard InChI is InChI=1S/C17H26O/c1-14(11-12-18)5-4-6-16(3)13-17-9-7-15(2)8-10-17/h6-10,14,18H,4-5,11-13H2,1-3H3/b16-6-. The Hall–Kier alpha value is -1.08. The van der Waals surface area contributed by atoms with Gasteiger partial charge in [-0.25, -0.2) is 0 Å². The van der Waals surface area contributed by atoms with Crippen molar-refractivity contribution in [3.8, 4) is 0 Å². The van der Waals surface area contributed by atoms with E-state index in [0.717, 1.165) is 19.3 Å². The zero-order valence-corrected chi connectivity index (χ0v) is 11.9. The van der Waals surface area contributed by atoms with Crippen LogP contribution in [0.1, 0.15) is 44.2 Å². The summed E-state index contributed by atoms with van der Waals surface area (Å²) in [5.74, 6) is 0.624. The number of aliphatic hydroxyl groups is 1. The molecule has 0 bridgehead atoms. The van der Waals surface area contributed by atoms with Crippen LogP contribution in [0, 0.1) is 12.8 Å². The highest BCUT2D eigenvalue weighted by Gasteiger charge is 2.00. The lowest BCUT2D eigenvalue weighted by Crippen LogP contribution is -1.97. The first-order valence-electron chi connectivity index (χ1n) is 6.94. The third-order valence-corrected chi connectivity index (χ3v) is 3.38. The number of rotatable bonds is 7. The van der Waals surface area contributed by atoms with Gasteiger partial charge >= 0.3 is 0 Å². The van der Waals surface area contributed by atoms with E-state index < -0.39 is 0 Å². The molecule has 0 saturated heterocycles. The van der Waals surface area contributed by atoms with Gasteiger partial charge in [-0.15, -0.1) is 0 Å². The molecule has 1 heteroatoms. The van der Waals surface area contributed by atoms with Gasteiger partial charge in [0.2, 0.25) is 0 Å². The van der Waals surface area contributed by atoms with Gasteiger partial charge < -0.3 is 5.11 Å². The fraction of sp³-hybridized carbons (Fsp3) is 0.529. The van der Waals surface area contributed by atoms with Gasteiger partial charge in [-0.05, 0) is 51.0 Å². The lowest BCUT2D eigenvalue weighted by molar-refractivity contribution is 0.259. The highest BCUT2D eigenvalue weighted by molar-refractivity contribution is 5.25. The third-order valence-electron chi connectivity index (χ3n) is 3.38. The van der Waals surface area contributed by atoms with E-state index in [0.29, 0.717) is 12.5 Å².